The van der Waals surface area contributed by atoms with Crippen molar-refractivity contribution in [3.63, 3.8) is 0 Å². The number of hydrogen-bond donors (Lipinski definition) is 2. The first kappa shape index (κ1) is 12.8. The van der Waals surface area contributed by atoms with Gasteiger partial charge in [-0.3, -0.25) is 9.59 Å². The largest absolute Gasteiger partial charge is 0.507 e. The molecule has 4 heteroatoms. The lowest BCUT2D eigenvalue weighted by Crippen LogP contribution is -2.20. The van der Waals surface area contributed by atoms with Crippen molar-refractivity contribution < 1.29 is 14.7 Å². The van der Waals surface area contributed by atoms with E-state index < -0.39 is 0 Å². The van der Waals surface area contributed by atoms with E-state index in [1.54, 1.807) is 6.07 Å². The Morgan fingerprint density at radius 1 is 1.53 bits per heavy atom. The van der Waals surface area contributed by atoms with Gasteiger partial charge in [-0.1, -0.05) is 11.8 Å². The number of aldehydes is 1. The number of rotatable bonds is 3. The molecule has 0 heterocycles. The molecule has 88 valence electrons. The summed E-state index contributed by atoms with van der Waals surface area (Å²) in [5.74, 6) is 5.53. The lowest BCUT2D eigenvalue weighted by atomic mass is 10.1. The third-order valence-electron chi connectivity index (χ3n) is 2.01. The molecule has 17 heavy (non-hydrogen) atoms. The number of nitrogens with one attached hydrogen (secondary N) is 1. The molecule has 0 saturated heterocycles. The highest BCUT2D eigenvalue weighted by atomic mass is 16.3. The Morgan fingerprint density at radius 2 is 2.29 bits per heavy atom. The quantitative estimate of drug-likeness (QED) is 0.465. The first-order valence-electron chi connectivity index (χ1n) is 5.15. The lowest BCUT2D eigenvalue weighted by molar-refractivity contribution is -0.118. The maximum Gasteiger partial charge on any atom is 0.216 e. The van der Waals surface area contributed by atoms with Crippen molar-refractivity contribution in [2.75, 3.05) is 6.54 Å². The average molecular weight is 231 g/mol. The van der Waals surface area contributed by atoms with Crippen molar-refractivity contribution in [3.8, 4) is 17.6 Å². The number of phenolic OH excluding ortho intramolecular Hbond substituents is 1. The summed E-state index contributed by atoms with van der Waals surface area (Å²) >= 11 is 0. The summed E-state index contributed by atoms with van der Waals surface area (Å²) in [7, 11) is 0. The molecule has 4 nitrogen and oxygen atoms in total. The van der Waals surface area contributed by atoms with Gasteiger partial charge in [0.2, 0.25) is 5.91 Å². The van der Waals surface area contributed by atoms with E-state index in [4.69, 9.17) is 0 Å². The van der Waals surface area contributed by atoms with Gasteiger partial charge < -0.3 is 10.4 Å². The van der Waals surface area contributed by atoms with Crippen LogP contribution in [-0.4, -0.2) is 23.8 Å². The van der Waals surface area contributed by atoms with Crippen molar-refractivity contribution in [2.45, 2.75) is 13.3 Å². The van der Waals surface area contributed by atoms with Crippen molar-refractivity contribution >= 4 is 12.2 Å². The average Bonchev–Trinajstić information content (AvgIpc) is 2.28. The van der Waals surface area contributed by atoms with Crippen molar-refractivity contribution in [1.29, 1.82) is 0 Å². The highest BCUT2D eigenvalue weighted by Crippen LogP contribution is 2.15. The molecule has 0 bridgehead atoms. The molecule has 0 radical (unpaired) electrons. The molecule has 0 aliphatic carbocycles. The molecule has 0 aliphatic rings. The molecule has 1 aromatic rings. The monoisotopic (exact) mass is 231 g/mol. The number of hydrogen-bond acceptors (Lipinski definition) is 3. The topological polar surface area (TPSA) is 66.4 Å². The maximum atomic E-state index is 10.6. The first-order chi connectivity index (χ1) is 8.13. The highest BCUT2D eigenvalue weighted by Gasteiger charge is 1.98. The number of phenols is 1. The number of carbonyl (C=O) groups is 2. The lowest BCUT2D eigenvalue weighted by Gasteiger charge is -1.97. The molecule has 0 spiro atoms. The fourth-order valence-corrected chi connectivity index (χ4v) is 1.19. The van der Waals surface area contributed by atoms with Crippen molar-refractivity contribution in [3.05, 3.63) is 29.3 Å². The second-order valence-electron chi connectivity index (χ2n) is 3.43. The van der Waals surface area contributed by atoms with Gasteiger partial charge in [0, 0.05) is 25.5 Å². The zero-order chi connectivity index (χ0) is 12.7. The van der Waals surface area contributed by atoms with Crippen molar-refractivity contribution in [2.24, 2.45) is 0 Å². The van der Waals surface area contributed by atoms with Crippen LogP contribution in [0.1, 0.15) is 29.3 Å². The molecule has 1 aromatic carbocycles. The summed E-state index contributed by atoms with van der Waals surface area (Å²) in [6.45, 7) is 1.95. The summed E-state index contributed by atoms with van der Waals surface area (Å²) in [6, 6.07) is 4.62. The van der Waals surface area contributed by atoms with Gasteiger partial charge in [0.1, 0.15) is 5.75 Å². The van der Waals surface area contributed by atoms with E-state index in [1.165, 1.54) is 19.1 Å². The van der Waals surface area contributed by atoms with E-state index in [0.717, 1.165) is 0 Å². The summed E-state index contributed by atoms with van der Waals surface area (Å²) in [5, 5.41) is 12.0. The Labute approximate surface area is 99.7 Å². The molecule has 1 rings (SSSR count). The third-order valence-corrected chi connectivity index (χ3v) is 2.01. The molecule has 0 aromatic heterocycles. The van der Waals surface area contributed by atoms with Gasteiger partial charge in [0.05, 0.1) is 5.56 Å². The molecule has 0 aliphatic heterocycles. The molecule has 0 atom stereocenters. The second-order valence-corrected chi connectivity index (χ2v) is 3.43. The Hall–Kier alpha value is -2.28. The summed E-state index contributed by atoms with van der Waals surface area (Å²) in [5.41, 5.74) is 0.879. The minimum absolute atomic E-state index is 0.0753. The maximum absolute atomic E-state index is 10.6. The summed E-state index contributed by atoms with van der Waals surface area (Å²) in [6.07, 6.45) is 1.12. The van der Waals surface area contributed by atoms with E-state index in [1.807, 2.05) is 0 Å². The smallest absolute Gasteiger partial charge is 0.216 e. The zero-order valence-corrected chi connectivity index (χ0v) is 9.49. The molecular weight excluding hydrogens is 218 g/mol. The Bertz CT molecular complexity index is 483. The second kappa shape index (κ2) is 6.33. The molecule has 1 amide bonds. The van der Waals surface area contributed by atoms with Gasteiger partial charge in [-0.05, 0) is 18.2 Å². The van der Waals surface area contributed by atoms with Crippen LogP contribution in [0.3, 0.4) is 0 Å². The highest BCUT2D eigenvalue weighted by molar-refractivity contribution is 5.79. The van der Waals surface area contributed by atoms with Crippen LogP contribution in [0.15, 0.2) is 18.2 Å². The molecular formula is C13H13NO3. The van der Waals surface area contributed by atoms with Crippen LogP contribution in [0.5, 0.6) is 5.75 Å². The van der Waals surface area contributed by atoms with Crippen LogP contribution >= 0.6 is 0 Å². The van der Waals surface area contributed by atoms with Crippen LogP contribution in [0.25, 0.3) is 0 Å². The van der Waals surface area contributed by atoms with Gasteiger partial charge in [0.15, 0.2) is 6.29 Å². The normalized spacial score (nSPS) is 9.00. The van der Waals surface area contributed by atoms with Crippen LogP contribution in [0.2, 0.25) is 0 Å². The molecule has 0 fully saturated rings. The van der Waals surface area contributed by atoms with E-state index >= 15 is 0 Å². The molecule has 0 saturated carbocycles. The SMILES string of the molecule is CC(=O)NCCC#Cc1ccc(C=O)c(O)c1. The fourth-order valence-electron chi connectivity index (χ4n) is 1.19. The van der Waals surface area contributed by atoms with Crippen LogP contribution in [0, 0.1) is 11.8 Å². The first-order valence-corrected chi connectivity index (χ1v) is 5.15. The predicted molar refractivity (Wildman–Crippen MR) is 63.7 cm³/mol. The van der Waals surface area contributed by atoms with E-state index in [0.29, 0.717) is 24.8 Å². The van der Waals surface area contributed by atoms with Gasteiger partial charge in [-0.2, -0.15) is 0 Å². The fraction of sp³-hybridized carbons (Fsp3) is 0.231. The molecule has 0 unspecified atom stereocenters. The van der Waals surface area contributed by atoms with Gasteiger partial charge in [-0.25, -0.2) is 0 Å². The Kier molecular flexibility index (Phi) is 4.77. The van der Waals surface area contributed by atoms with E-state index in [-0.39, 0.29) is 17.2 Å². The van der Waals surface area contributed by atoms with E-state index in [9.17, 15) is 14.7 Å². The Balaban J connectivity index is 2.57. The number of aromatic hydroxyl groups is 1. The number of carbonyl (C=O) groups excluding carboxylic acids is 2. The van der Waals surface area contributed by atoms with Gasteiger partial charge in [-0.15, -0.1) is 0 Å². The van der Waals surface area contributed by atoms with Crippen LogP contribution in [0.4, 0.5) is 0 Å². The third kappa shape index (κ3) is 4.39. The van der Waals surface area contributed by atoms with Crippen molar-refractivity contribution in [1.82, 2.24) is 5.32 Å². The summed E-state index contributed by atoms with van der Waals surface area (Å²) < 4.78 is 0. The minimum atomic E-state index is -0.0835. The zero-order valence-electron chi connectivity index (χ0n) is 9.49. The Morgan fingerprint density at radius 3 is 2.88 bits per heavy atom. The van der Waals surface area contributed by atoms with Crippen LogP contribution in [-0.2, 0) is 4.79 Å². The molecule has 2 N–H and O–H groups in total. The summed E-state index contributed by atoms with van der Waals surface area (Å²) in [4.78, 5) is 21.0. The standard InChI is InChI=1S/C13H13NO3/c1-10(16)14-7-3-2-4-11-5-6-12(9-15)13(17)8-11/h5-6,8-9,17H,3,7H2,1H3,(H,14,16). The number of amides is 1. The van der Waals surface area contributed by atoms with Crippen LogP contribution < -0.4 is 5.32 Å². The van der Waals surface area contributed by atoms with Gasteiger partial charge >= 0.3 is 0 Å². The predicted octanol–water partition coefficient (Wildman–Crippen LogP) is 1.08. The number of benzene rings is 1. The van der Waals surface area contributed by atoms with Gasteiger partial charge in [0.25, 0.3) is 0 Å². The minimum Gasteiger partial charge on any atom is -0.507 e. The van der Waals surface area contributed by atoms with E-state index in [2.05, 4.69) is 17.2 Å².